The summed E-state index contributed by atoms with van der Waals surface area (Å²) in [5.41, 5.74) is 2.80. The minimum Gasteiger partial charge on any atom is -0.378 e. The Labute approximate surface area is 163 Å². The van der Waals surface area contributed by atoms with Crippen LogP contribution >= 0.6 is 11.6 Å². The van der Waals surface area contributed by atoms with Gasteiger partial charge in [-0.1, -0.05) is 23.7 Å². The van der Waals surface area contributed by atoms with E-state index in [1.54, 1.807) is 24.3 Å². The van der Waals surface area contributed by atoms with Crippen LogP contribution in [0.4, 0.5) is 11.4 Å². The van der Waals surface area contributed by atoms with Gasteiger partial charge in [-0.3, -0.25) is 9.59 Å². The molecule has 0 saturated carbocycles. The molecule has 6 nitrogen and oxygen atoms in total. The van der Waals surface area contributed by atoms with Gasteiger partial charge in [-0.2, -0.15) is 0 Å². The van der Waals surface area contributed by atoms with Crippen molar-refractivity contribution in [3.8, 4) is 0 Å². The standard InChI is InChI=1S/C20H22ClN3O3/c21-16-3-5-17(6-4-16)23-20(26)19(25)22-10-9-15-1-7-18(8-2-15)24-11-13-27-14-12-24/h1-8H,9-14H2,(H,22,25)(H,23,26). The number of benzene rings is 2. The van der Waals surface area contributed by atoms with E-state index in [9.17, 15) is 9.59 Å². The topological polar surface area (TPSA) is 70.7 Å². The van der Waals surface area contributed by atoms with Crippen molar-refractivity contribution in [3.63, 3.8) is 0 Å². The second-order valence-corrected chi connectivity index (χ2v) is 6.67. The van der Waals surface area contributed by atoms with E-state index in [1.165, 1.54) is 5.69 Å². The first-order valence-electron chi connectivity index (χ1n) is 8.88. The number of rotatable bonds is 5. The van der Waals surface area contributed by atoms with Crippen molar-refractivity contribution in [3.05, 3.63) is 59.1 Å². The number of hydrogen-bond donors (Lipinski definition) is 2. The van der Waals surface area contributed by atoms with Gasteiger partial charge in [0, 0.05) is 36.0 Å². The lowest BCUT2D eigenvalue weighted by molar-refractivity contribution is -0.136. The third-order valence-electron chi connectivity index (χ3n) is 4.32. The largest absolute Gasteiger partial charge is 0.378 e. The van der Waals surface area contributed by atoms with Crippen LogP contribution < -0.4 is 15.5 Å². The molecule has 7 heteroatoms. The number of carbonyl (C=O) groups is 2. The summed E-state index contributed by atoms with van der Waals surface area (Å²) in [6.45, 7) is 3.71. The summed E-state index contributed by atoms with van der Waals surface area (Å²) in [6.07, 6.45) is 0.656. The molecule has 0 aliphatic carbocycles. The molecule has 0 atom stereocenters. The molecule has 0 unspecified atom stereocenters. The number of halogens is 1. The smallest absolute Gasteiger partial charge is 0.313 e. The molecule has 1 aliphatic heterocycles. The Hall–Kier alpha value is -2.57. The molecule has 2 aromatic rings. The van der Waals surface area contributed by atoms with Gasteiger partial charge in [0.1, 0.15) is 0 Å². The van der Waals surface area contributed by atoms with Crippen molar-refractivity contribution in [2.24, 2.45) is 0 Å². The molecular formula is C20H22ClN3O3. The summed E-state index contributed by atoms with van der Waals surface area (Å²) in [5, 5.41) is 5.74. The van der Waals surface area contributed by atoms with Crippen LogP contribution in [0, 0.1) is 0 Å². The average Bonchev–Trinajstić information content (AvgIpc) is 2.71. The highest BCUT2D eigenvalue weighted by molar-refractivity contribution is 6.39. The Morgan fingerprint density at radius 3 is 2.30 bits per heavy atom. The first kappa shape index (κ1) is 19.2. The van der Waals surface area contributed by atoms with Gasteiger partial charge in [-0.05, 0) is 48.4 Å². The molecule has 1 aliphatic rings. The van der Waals surface area contributed by atoms with Crippen LogP contribution in [-0.4, -0.2) is 44.7 Å². The fourth-order valence-electron chi connectivity index (χ4n) is 2.82. The fraction of sp³-hybridized carbons (Fsp3) is 0.300. The van der Waals surface area contributed by atoms with Gasteiger partial charge in [0.05, 0.1) is 13.2 Å². The Balaban J connectivity index is 1.42. The SMILES string of the molecule is O=C(NCCc1ccc(N2CCOCC2)cc1)C(=O)Nc1ccc(Cl)cc1. The highest BCUT2D eigenvalue weighted by Gasteiger charge is 2.13. The molecule has 27 heavy (non-hydrogen) atoms. The van der Waals surface area contributed by atoms with Gasteiger partial charge in [-0.25, -0.2) is 0 Å². The predicted octanol–water partition coefficient (Wildman–Crippen LogP) is 2.47. The number of anilines is 2. The minimum atomic E-state index is -0.694. The van der Waals surface area contributed by atoms with E-state index < -0.39 is 11.8 Å². The van der Waals surface area contributed by atoms with E-state index in [0.29, 0.717) is 23.7 Å². The zero-order chi connectivity index (χ0) is 19.1. The van der Waals surface area contributed by atoms with Crippen molar-refractivity contribution in [1.82, 2.24) is 5.32 Å². The lowest BCUT2D eigenvalue weighted by Crippen LogP contribution is -2.36. The number of ether oxygens (including phenoxy) is 1. The maximum atomic E-state index is 11.9. The van der Waals surface area contributed by atoms with E-state index in [0.717, 1.165) is 31.9 Å². The number of carbonyl (C=O) groups excluding carboxylic acids is 2. The fourth-order valence-corrected chi connectivity index (χ4v) is 2.94. The van der Waals surface area contributed by atoms with E-state index in [2.05, 4.69) is 27.7 Å². The number of morpholine rings is 1. The van der Waals surface area contributed by atoms with Crippen molar-refractivity contribution in [1.29, 1.82) is 0 Å². The van der Waals surface area contributed by atoms with Gasteiger partial charge in [0.25, 0.3) is 0 Å². The van der Waals surface area contributed by atoms with Gasteiger partial charge < -0.3 is 20.3 Å². The lowest BCUT2D eigenvalue weighted by Gasteiger charge is -2.28. The summed E-state index contributed by atoms with van der Waals surface area (Å²) in [4.78, 5) is 26.1. The van der Waals surface area contributed by atoms with Crippen molar-refractivity contribution in [2.75, 3.05) is 43.1 Å². The second kappa shape index (κ2) is 9.39. The van der Waals surface area contributed by atoms with E-state index in [4.69, 9.17) is 16.3 Å². The van der Waals surface area contributed by atoms with Gasteiger partial charge >= 0.3 is 11.8 Å². The first-order chi connectivity index (χ1) is 13.1. The van der Waals surface area contributed by atoms with E-state index in [-0.39, 0.29) is 0 Å². The average molecular weight is 388 g/mol. The monoisotopic (exact) mass is 387 g/mol. The van der Waals surface area contributed by atoms with Crippen molar-refractivity contribution < 1.29 is 14.3 Å². The second-order valence-electron chi connectivity index (χ2n) is 6.23. The Kier molecular flexibility index (Phi) is 6.68. The third-order valence-corrected chi connectivity index (χ3v) is 4.57. The lowest BCUT2D eigenvalue weighted by atomic mass is 10.1. The number of nitrogens with one attached hydrogen (secondary N) is 2. The molecule has 2 amide bonds. The summed E-state index contributed by atoms with van der Waals surface area (Å²) in [6, 6.07) is 14.8. The van der Waals surface area contributed by atoms with Crippen LogP contribution in [0.15, 0.2) is 48.5 Å². The van der Waals surface area contributed by atoms with E-state index in [1.807, 2.05) is 12.1 Å². The Bertz CT molecular complexity index is 772. The maximum Gasteiger partial charge on any atom is 0.313 e. The molecule has 1 fully saturated rings. The van der Waals surface area contributed by atoms with Crippen LogP contribution in [-0.2, 0) is 20.7 Å². The molecule has 0 spiro atoms. The van der Waals surface area contributed by atoms with Crippen LogP contribution in [0.5, 0.6) is 0 Å². The number of amides is 2. The van der Waals surface area contributed by atoms with Gasteiger partial charge in [0.2, 0.25) is 0 Å². The normalized spacial score (nSPS) is 13.9. The highest BCUT2D eigenvalue weighted by Crippen LogP contribution is 2.17. The molecule has 142 valence electrons. The zero-order valence-corrected chi connectivity index (χ0v) is 15.7. The molecule has 3 rings (SSSR count). The minimum absolute atomic E-state index is 0.393. The van der Waals surface area contributed by atoms with Crippen LogP contribution in [0.25, 0.3) is 0 Å². The number of hydrogen-bond acceptors (Lipinski definition) is 4. The summed E-state index contributed by atoms with van der Waals surface area (Å²) >= 11 is 5.79. The summed E-state index contributed by atoms with van der Waals surface area (Å²) < 4.78 is 5.36. The molecule has 1 saturated heterocycles. The summed E-state index contributed by atoms with van der Waals surface area (Å²) in [7, 11) is 0. The molecule has 0 radical (unpaired) electrons. The maximum absolute atomic E-state index is 11.9. The Morgan fingerprint density at radius 2 is 1.63 bits per heavy atom. The quantitative estimate of drug-likeness (QED) is 0.773. The van der Waals surface area contributed by atoms with Crippen LogP contribution in [0.1, 0.15) is 5.56 Å². The molecule has 0 bridgehead atoms. The summed E-state index contributed by atoms with van der Waals surface area (Å²) in [5.74, 6) is -1.35. The first-order valence-corrected chi connectivity index (χ1v) is 9.26. The van der Waals surface area contributed by atoms with Crippen LogP contribution in [0.2, 0.25) is 5.02 Å². The molecule has 1 heterocycles. The van der Waals surface area contributed by atoms with Crippen molar-refractivity contribution in [2.45, 2.75) is 6.42 Å². The van der Waals surface area contributed by atoms with E-state index >= 15 is 0 Å². The number of nitrogens with zero attached hydrogens (tertiary/aromatic N) is 1. The third kappa shape index (κ3) is 5.70. The highest BCUT2D eigenvalue weighted by atomic mass is 35.5. The molecule has 2 N–H and O–H groups in total. The molecule has 2 aromatic carbocycles. The van der Waals surface area contributed by atoms with Gasteiger partial charge in [0.15, 0.2) is 0 Å². The van der Waals surface area contributed by atoms with Gasteiger partial charge in [-0.15, -0.1) is 0 Å². The molecule has 0 aromatic heterocycles. The van der Waals surface area contributed by atoms with Crippen molar-refractivity contribution >= 4 is 34.8 Å². The predicted molar refractivity (Wildman–Crippen MR) is 106 cm³/mol. The molecular weight excluding hydrogens is 366 g/mol. The van der Waals surface area contributed by atoms with Crippen LogP contribution in [0.3, 0.4) is 0 Å². The Morgan fingerprint density at radius 1 is 0.963 bits per heavy atom. The zero-order valence-electron chi connectivity index (χ0n) is 14.9.